The molecular weight excluding hydrogens is 364 g/mol. The lowest BCUT2D eigenvalue weighted by molar-refractivity contribution is 0.311. The predicted octanol–water partition coefficient (Wildman–Crippen LogP) is 7.80. The molecule has 1 heteroatoms. The molecule has 0 amide bonds. The molecule has 0 spiro atoms. The van der Waals surface area contributed by atoms with Crippen molar-refractivity contribution in [3.05, 3.63) is 89.5 Å². The molecule has 0 bridgehead atoms. The normalized spacial score (nSPS) is 15.7. The molecule has 1 atom stereocenters. The number of hydrogen-bond donors (Lipinski definition) is 0. The summed E-state index contributed by atoms with van der Waals surface area (Å²) in [4.78, 5) is 0. The van der Waals surface area contributed by atoms with Crippen molar-refractivity contribution in [3.8, 4) is 5.75 Å². The van der Waals surface area contributed by atoms with Crippen LogP contribution in [0.5, 0.6) is 5.75 Å². The van der Waals surface area contributed by atoms with Gasteiger partial charge in [-0.1, -0.05) is 61.9 Å². The van der Waals surface area contributed by atoms with Crippen molar-refractivity contribution in [2.24, 2.45) is 0 Å². The zero-order valence-corrected chi connectivity index (χ0v) is 18.3. The topological polar surface area (TPSA) is 9.23 Å². The quantitative estimate of drug-likeness (QED) is 0.264. The number of benzene rings is 3. The van der Waals surface area contributed by atoms with Crippen LogP contribution in [0, 0.1) is 0 Å². The minimum Gasteiger partial charge on any atom is -0.494 e. The van der Waals surface area contributed by atoms with E-state index in [-0.39, 0.29) is 0 Å². The highest BCUT2D eigenvalue weighted by Gasteiger charge is 2.21. The van der Waals surface area contributed by atoms with Gasteiger partial charge in [-0.2, -0.15) is 0 Å². The first-order valence-electron chi connectivity index (χ1n) is 11.6. The van der Waals surface area contributed by atoms with Crippen LogP contribution in [0.1, 0.15) is 67.2 Å². The van der Waals surface area contributed by atoms with Gasteiger partial charge in [0.05, 0.1) is 6.61 Å². The molecule has 3 aromatic carbocycles. The molecule has 1 aliphatic carbocycles. The lowest BCUT2D eigenvalue weighted by Gasteiger charge is -2.26. The van der Waals surface area contributed by atoms with Gasteiger partial charge in [0, 0.05) is 0 Å². The minimum absolute atomic E-state index is 0.612. The summed E-state index contributed by atoms with van der Waals surface area (Å²) in [5.74, 6) is 1.63. The lowest BCUT2D eigenvalue weighted by Crippen LogP contribution is -2.13. The van der Waals surface area contributed by atoms with E-state index < -0.39 is 0 Å². The van der Waals surface area contributed by atoms with Crippen LogP contribution in [0.3, 0.4) is 0 Å². The van der Waals surface area contributed by atoms with Gasteiger partial charge in [-0.25, -0.2) is 0 Å². The second-order valence-corrected chi connectivity index (χ2v) is 8.69. The Balaban J connectivity index is 1.44. The van der Waals surface area contributed by atoms with E-state index in [1.807, 2.05) is 6.08 Å². The van der Waals surface area contributed by atoms with Crippen molar-refractivity contribution in [1.82, 2.24) is 0 Å². The zero-order chi connectivity index (χ0) is 20.8. The molecule has 4 rings (SSSR count). The highest BCUT2D eigenvalue weighted by Crippen LogP contribution is 2.35. The first kappa shape index (κ1) is 20.7. The van der Waals surface area contributed by atoms with Crippen LogP contribution in [-0.4, -0.2) is 6.61 Å². The Morgan fingerprint density at radius 2 is 1.83 bits per heavy atom. The first-order chi connectivity index (χ1) is 14.8. The smallest absolute Gasteiger partial charge is 0.119 e. The van der Waals surface area contributed by atoms with Gasteiger partial charge in [0.25, 0.3) is 0 Å². The van der Waals surface area contributed by atoms with Gasteiger partial charge in [0.1, 0.15) is 5.75 Å². The maximum atomic E-state index is 5.92. The third-order valence-electron chi connectivity index (χ3n) is 6.45. The van der Waals surface area contributed by atoms with E-state index >= 15 is 0 Å². The Bertz CT molecular complexity index is 1000. The third kappa shape index (κ3) is 4.95. The highest BCUT2D eigenvalue weighted by molar-refractivity contribution is 5.84. The number of fused-ring (bicyclic) bond motifs is 2. The van der Waals surface area contributed by atoms with Crippen molar-refractivity contribution in [3.63, 3.8) is 0 Å². The van der Waals surface area contributed by atoms with E-state index in [1.165, 1.54) is 58.7 Å². The predicted molar refractivity (Wildman–Crippen MR) is 129 cm³/mol. The molecule has 0 saturated heterocycles. The summed E-state index contributed by atoms with van der Waals surface area (Å²) in [6, 6.07) is 20.8. The van der Waals surface area contributed by atoms with Crippen molar-refractivity contribution in [2.75, 3.05) is 6.61 Å². The van der Waals surface area contributed by atoms with Gasteiger partial charge in [-0.3, -0.25) is 0 Å². The van der Waals surface area contributed by atoms with E-state index in [0.29, 0.717) is 5.92 Å². The molecule has 0 heterocycles. The molecule has 0 aromatic heterocycles. The van der Waals surface area contributed by atoms with Crippen LogP contribution < -0.4 is 4.74 Å². The summed E-state index contributed by atoms with van der Waals surface area (Å²) in [7, 11) is 0. The standard InChI is InChI=1S/C29H34O/c1-3-5-7-17-30-29-16-15-27-20-26(13-14-28(27)21-29)25-12-11-23-18-22(8-6-4-2)9-10-24(23)19-25/h3,9-12,15-16,18-19,21,26H,1,4-8,13-14,17,20H2,2H3. The summed E-state index contributed by atoms with van der Waals surface area (Å²) in [5, 5.41) is 2.75. The van der Waals surface area contributed by atoms with E-state index in [9.17, 15) is 0 Å². The molecule has 3 aromatic rings. The minimum atomic E-state index is 0.612. The molecular formula is C29H34O. The summed E-state index contributed by atoms with van der Waals surface area (Å²) >= 11 is 0. The molecule has 0 fully saturated rings. The average molecular weight is 399 g/mol. The van der Waals surface area contributed by atoms with Crippen LogP contribution in [0.15, 0.2) is 67.3 Å². The number of rotatable bonds is 9. The number of hydrogen-bond acceptors (Lipinski definition) is 1. The number of aryl methyl sites for hydroxylation is 2. The molecule has 0 radical (unpaired) electrons. The van der Waals surface area contributed by atoms with Crippen LogP contribution >= 0.6 is 0 Å². The molecule has 156 valence electrons. The summed E-state index contributed by atoms with van der Waals surface area (Å²) in [6.07, 6.45) is 11.2. The number of ether oxygens (including phenoxy) is 1. The van der Waals surface area contributed by atoms with Gasteiger partial charge in [-0.15, -0.1) is 6.58 Å². The molecule has 1 nitrogen and oxygen atoms in total. The fourth-order valence-electron chi connectivity index (χ4n) is 4.63. The molecule has 1 unspecified atom stereocenters. The molecule has 1 aliphatic rings. The molecule has 30 heavy (non-hydrogen) atoms. The van der Waals surface area contributed by atoms with E-state index in [0.717, 1.165) is 38.0 Å². The van der Waals surface area contributed by atoms with Crippen molar-refractivity contribution < 1.29 is 4.74 Å². The molecule has 0 aliphatic heterocycles. The monoisotopic (exact) mass is 398 g/mol. The molecule has 0 saturated carbocycles. The fourth-order valence-corrected chi connectivity index (χ4v) is 4.63. The van der Waals surface area contributed by atoms with Crippen molar-refractivity contribution >= 4 is 10.8 Å². The Morgan fingerprint density at radius 3 is 2.70 bits per heavy atom. The van der Waals surface area contributed by atoms with E-state index in [4.69, 9.17) is 4.74 Å². The Labute approximate surface area is 181 Å². The van der Waals surface area contributed by atoms with Gasteiger partial charge in [0.2, 0.25) is 0 Å². The van der Waals surface area contributed by atoms with Crippen LogP contribution in [0.2, 0.25) is 0 Å². The van der Waals surface area contributed by atoms with Crippen LogP contribution in [-0.2, 0) is 19.3 Å². The number of allylic oxidation sites excluding steroid dienone is 1. The first-order valence-corrected chi connectivity index (χ1v) is 11.6. The van der Waals surface area contributed by atoms with Crippen LogP contribution in [0.4, 0.5) is 0 Å². The van der Waals surface area contributed by atoms with Gasteiger partial charge >= 0.3 is 0 Å². The van der Waals surface area contributed by atoms with Crippen LogP contribution in [0.25, 0.3) is 10.8 Å². The number of unbranched alkanes of at least 4 members (excludes halogenated alkanes) is 2. The van der Waals surface area contributed by atoms with Gasteiger partial charge < -0.3 is 4.74 Å². The van der Waals surface area contributed by atoms with E-state index in [2.05, 4.69) is 68.1 Å². The Morgan fingerprint density at radius 1 is 0.967 bits per heavy atom. The third-order valence-corrected chi connectivity index (χ3v) is 6.45. The average Bonchev–Trinajstić information content (AvgIpc) is 2.79. The fraction of sp³-hybridized carbons (Fsp3) is 0.379. The Hall–Kier alpha value is -2.54. The second-order valence-electron chi connectivity index (χ2n) is 8.69. The molecule has 0 N–H and O–H groups in total. The zero-order valence-electron chi connectivity index (χ0n) is 18.3. The maximum absolute atomic E-state index is 5.92. The van der Waals surface area contributed by atoms with Gasteiger partial charge in [-0.05, 0) is 96.0 Å². The largest absolute Gasteiger partial charge is 0.494 e. The maximum Gasteiger partial charge on any atom is 0.119 e. The van der Waals surface area contributed by atoms with E-state index in [1.54, 1.807) is 0 Å². The van der Waals surface area contributed by atoms with Crippen molar-refractivity contribution in [1.29, 1.82) is 0 Å². The summed E-state index contributed by atoms with van der Waals surface area (Å²) in [6.45, 7) is 6.80. The lowest BCUT2D eigenvalue weighted by atomic mass is 9.79. The van der Waals surface area contributed by atoms with Crippen molar-refractivity contribution in [2.45, 2.75) is 64.2 Å². The second kappa shape index (κ2) is 9.98. The summed E-state index contributed by atoms with van der Waals surface area (Å²) < 4.78 is 5.92. The highest BCUT2D eigenvalue weighted by atomic mass is 16.5. The summed E-state index contributed by atoms with van der Waals surface area (Å²) in [5.41, 5.74) is 5.90. The Kier molecular flexibility index (Phi) is 6.89. The van der Waals surface area contributed by atoms with Gasteiger partial charge in [0.15, 0.2) is 0 Å². The SMILES string of the molecule is C=CCCCOc1ccc2c(c1)CCC(c1ccc3cc(CCCC)ccc3c1)C2.